The average Bonchev–Trinajstić information content (AvgIpc) is 3.35. The molecule has 8 nitrogen and oxygen atoms in total. The fraction of sp³-hybridized carbons (Fsp3) is 0.368. The molecule has 0 amide bonds. The Bertz CT molecular complexity index is 1020. The summed E-state index contributed by atoms with van der Waals surface area (Å²) in [6, 6.07) is 8.08. The molecule has 9 heteroatoms. The molecule has 0 bridgehead atoms. The largest absolute Gasteiger partial charge is 0.378 e. The van der Waals surface area contributed by atoms with E-state index < -0.39 is 5.66 Å². The van der Waals surface area contributed by atoms with Gasteiger partial charge in [-0.25, -0.2) is 15.0 Å². The number of thiazole rings is 1. The van der Waals surface area contributed by atoms with Gasteiger partial charge >= 0.3 is 0 Å². The second kappa shape index (κ2) is 6.68. The number of aldehydes is 1. The Morgan fingerprint density at radius 2 is 1.89 bits per heavy atom. The van der Waals surface area contributed by atoms with E-state index in [0.717, 1.165) is 47.8 Å². The lowest BCUT2D eigenvalue weighted by Gasteiger charge is -2.31. The molecule has 0 radical (unpaired) electrons. The summed E-state index contributed by atoms with van der Waals surface area (Å²) < 4.78 is 5.49. The molecule has 3 aromatic rings. The monoisotopic (exact) mass is 396 g/mol. The van der Waals surface area contributed by atoms with Gasteiger partial charge in [0.15, 0.2) is 28.6 Å². The fourth-order valence-electron chi connectivity index (χ4n) is 3.70. The summed E-state index contributed by atoms with van der Waals surface area (Å²) in [6.07, 6.45) is 1.52. The van der Waals surface area contributed by atoms with E-state index in [1.165, 1.54) is 11.3 Å². The zero-order valence-corrected chi connectivity index (χ0v) is 16.3. The number of nitrogens with one attached hydrogen (secondary N) is 2. The van der Waals surface area contributed by atoms with Gasteiger partial charge in [-0.2, -0.15) is 0 Å². The summed E-state index contributed by atoms with van der Waals surface area (Å²) in [4.78, 5) is 28.4. The van der Waals surface area contributed by atoms with Gasteiger partial charge in [0.2, 0.25) is 0 Å². The van der Waals surface area contributed by atoms with Crippen LogP contribution in [0.4, 0.5) is 17.2 Å². The highest BCUT2D eigenvalue weighted by molar-refractivity contribution is 7.19. The molecule has 0 spiro atoms. The van der Waals surface area contributed by atoms with E-state index in [1.807, 2.05) is 24.3 Å². The Balaban J connectivity index is 1.66. The first-order chi connectivity index (χ1) is 13.7. The number of ether oxygens (including phenoxy) is 1. The number of rotatable bonds is 4. The molecule has 0 saturated carbocycles. The zero-order valence-electron chi connectivity index (χ0n) is 15.4. The quantitative estimate of drug-likeness (QED) is 0.651. The molecule has 4 heterocycles. The minimum absolute atomic E-state index is 0.414. The standard InChI is InChI=1S/C19H20N6O2S/c1-2-19(23-12-5-3-4-6-13(12)24-19)18-21-16(25-7-9-27-10-8-25)15-17(22-18)28-14(11-26)20-15/h3-6,11,23-24H,2,7-10H2,1H3. The number of aromatic nitrogens is 3. The van der Waals surface area contributed by atoms with Gasteiger partial charge in [0, 0.05) is 13.1 Å². The van der Waals surface area contributed by atoms with Crippen LogP contribution in [0.5, 0.6) is 0 Å². The summed E-state index contributed by atoms with van der Waals surface area (Å²) in [5.74, 6) is 1.42. The third kappa shape index (κ3) is 2.70. The van der Waals surface area contributed by atoms with Gasteiger partial charge < -0.3 is 20.3 Å². The Morgan fingerprint density at radius 1 is 1.18 bits per heavy atom. The van der Waals surface area contributed by atoms with Gasteiger partial charge in [-0.3, -0.25) is 4.79 Å². The van der Waals surface area contributed by atoms with Gasteiger partial charge in [0.25, 0.3) is 0 Å². The van der Waals surface area contributed by atoms with Crippen LogP contribution in [0.1, 0.15) is 29.0 Å². The van der Waals surface area contributed by atoms with Crippen molar-refractivity contribution in [1.82, 2.24) is 15.0 Å². The van der Waals surface area contributed by atoms with Crippen LogP contribution in [0.2, 0.25) is 0 Å². The number of carbonyl (C=O) groups excluding carboxylic acids is 1. The van der Waals surface area contributed by atoms with Crippen molar-refractivity contribution >= 4 is 45.2 Å². The van der Waals surface area contributed by atoms with Crippen LogP contribution in [-0.4, -0.2) is 47.5 Å². The average molecular weight is 396 g/mol. The molecule has 0 unspecified atom stereocenters. The summed E-state index contributed by atoms with van der Waals surface area (Å²) in [5.41, 5.74) is 2.13. The Morgan fingerprint density at radius 3 is 2.54 bits per heavy atom. The number of anilines is 3. The van der Waals surface area contributed by atoms with E-state index in [-0.39, 0.29) is 0 Å². The van der Waals surface area contributed by atoms with E-state index in [0.29, 0.717) is 29.6 Å². The van der Waals surface area contributed by atoms with Gasteiger partial charge in [0.05, 0.1) is 24.6 Å². The van der Waals surface area contributed by atoms with Crippen molar-refractivity contribution in [2.24, 2.45) is 0 Å². The second-order valence-corrected chi connectivity index (χ2v) is 7.86. The summed E-state index contributed by atoms with van der Waals surface area (Å²) in [6.45, 7) is 4.86. The first-order valence-electron chi connectivity index (χ1n) is 9.35. The Kier molecular flexibility index (Phi) is 4.13. The van der Waals surface area contributed by atoms with Crippen LogP contribution < -0.4 is 15.5 Å². The highest BCUT2D eigenvalue weighted by Gasteiger charge is 2.40. The van der Waals surface area contributed by atoms with E-state index in [4.69, 9.17) is 14.7 Å². The highest BCUT2D eigenvalue weighted by Crippen LogP contribution is 2.41. The SMILES string of the molecule is CCC1(c2nc(N3CCOCC3)c3nc(C=O)sc3n2)Nc2ccccc2N1. The summed E-state index contributed by atoms with van der Waals surface area (Å²) in [5, 5.41) is 7.54. The Labute approximate surface area is 166 Å². The summed E-state index contributed by atoms with van der Waals surface area (Å²) in [7, 11) is 0. The number of hydrogen-bond acceptors (Lipinski definition) is 9. The number of para-hydroxylation sites is 2. The van der Waals surface area contributed by atoms with Crippen LogP contribution in [0, 0.1) is 0 Å². The van der Waals surface area contributed by atoms with E-state index in [9.17, 15) is 4.79 Å². The lowest BCUT2D eigenvalue weighted by molar-refractivity contribution is 0.112. The van der Waals surface area contributed by atoms with Gasteiger partial charge in [0.1, 0.15) is 10.3 Å². The van der Waals surface area contributed by atoms with Gasteiger partial charge in [-0.15, -0.1) is 0 Å². The van der Waals surface area contributed by atoms with Crippen molar-refractivity contribution < 1.29 is 9.53 Å². The molecule has 0 atom stereocenters. The smallest absolute Gasteiger partial charge is 0.178 e. The van der Waals surface area contributed by atoms with E-state index >= 15 is 0 Å². The minimum Gasteiger partial charge on any atom is -0.378 e. The number of benzene rings is 1. The predicted octanol–water partition coefficient (Wildman–Crippen LogP) is 2.84. The maximum atomic E-state index is 11.3. The van der Waals surface area contributed by atoms with Crippen molar-refractivity contribution in [3.05, 3.63) is 35.1 Å². The molecule has 2 aliphatic rings. The van der Waals surface area contributed by atoms with Crippen molar-refractivity contribution in [2.75, 3.05) is 41.8 Å². The molecule has 2 N–H and O–H groups in total. The maximum Gasteiger partial charge on any atom is 0.178 e. The van der Waals surface area contributed by atoms with Crippen molar-refractivity contribution in [3.8, 4) is 0 Å². The topological polar surface area (TPSA) is 92.3 Å². The second-order valence-electron chi connectivity index (χ2n) is 6.85. The molecule has 2 aromatic heterocycles. The summed E-state index contributed by atoms with van der Waals surface area (Å²) >= 11 is 1.30. The molecule has 1 saturated heterocycles. The fourth-order valence-corrected chi connectivity index (χ4v) is 4.45. The van der Waals surface area contributed by atoms with Crippen LogP contribution in [-0.2, 0) is 10.4 Å². The molecular weight excluding hydrogens is 376 g/mol. The van der Waals surface area contributed by atoms with Gasteiger partial charge in [-0.1, -0.05) is 30.4 Å². The zero-order chi connectivity index (χ0) is 19.1. The number of hydrogen-bond donors (Lipinski definition) is 2. The van der Waals surface area contributed by atoms with Crippen molar-refractivity contribution in [2.45, 2.75) is 19.0 Å². The van der Waals surface area contributed by atoms with Crippen LogP contribution in [0.15, 0.2) is 24.3 Å². The molecule has 0 aliphatic carbocycles. The lowest BCUT2D eigenvalue weighted by atomic mass is 10.1. The Hall–Kier alpha value is -2.78. The number of fused-ring (bicyclic) bond motifs is 2. The lowest BCUT2D eigenvalue weighted by Crippen LogP contribution is -2.41. The minimum atomic E-state index is -0.607. The number of carbonyl (C=O) groups is 1. The maximum absolute atomic E-state index is 11.3. The molecule has 28 heavy (non-hydrogen) atoms. The number of morpholine rings is 1. The third-order valence-corrected chi connectivity index (χ3v) is 6.08. The number of nitrogens with zero attached hydrogens (tertiary/aromatic N) is 4. The third-order valence-electron chi connectivity index (χ3n) is 5.20. The van der Waals surface area contributed by atoms with Crippen LogP contribution in [0.25, 0.3) is 10.3 Å². The first-order valence-corrected chi connectivity index (χ1v) is 10.2. The van der Waals surface area contributed by atoms with E-state index in [1.54, 1.807) is 0 Å². The van der Waals surface area contributed by atoms with E-state index in [2.05, 4.69) is 27.4 Å². The van der Waals surface area contributed by atoms with Gasteiger partial charge in [-0.05, 0) is 18.6 Å². The molecule has 144 valence electrons. The highest BCUT2D eigenvalue weighted by atomic mass is 32.1. The first kappa shape index (κ1) is 17.3. The van der Waals surface area contributed by atoms with Crippen molar-refractivity contribution in [3.63, 3.8) is 0 Å². The predicted molar refractivity (Wildman–Crippen MR) is 109 cm³/mol. The molecule has 5 rings (SSSR count). The molecule has 1 fully saturated rings. The molecule has 2 aliphatic heterocycles. The van der Waals surface area contributed by atoms with Crippen LogP contribution in [0.3, 0.4) is 0 Å². The molecular formula is C19H20N6O2S. The molecule has 1 aromatic carbocycles. The van der Waals surface area contributed by atoms with Crippen LogP contribution >= 0.6 is 11.3 Å². The normalized spacial score (nSPS) is 17.8. The van der Waals surface area contributed by atoms with Crippen molar-refractivity contribution in [1.29, 1.82) is 0 Å².